The number of nitrogens with zero attached hydrogens (tertiary/aromatic N) is 6. The Balaban J connectivity index is 1.38. The molecule has 34 heavy (non-hydrogen) atoms. The summed E-state index contributed by atoms with van der Waals surface area (Å²) in [7, 11) is -3.82. The summed E-state index contributed by atoms with van der Waals surface area (Å²) < 4.78 is 33.9. The van der Waals surface area contributed by atoms with Crippen LogP contribution in [0, 0.1) is 6.92 Å². The van der Waals surface area contributed by atoms with Crippen molar-refractivity contribution in [1.82, 2.24) is 29.9 Å². The molecule has 0 aliphatic carbocycles. The number of benzene rings is 2. The first-order valence-electron chi connectivity index (χ1n) is 10.3. The number of aromatic nitrogens is 6. The maximum Gasteiger partial charge on any atom is 0.263 e. The summed E-state index contributed by atoms with van der Waals surface area (Å²) in [6, 6.07) is 17.5. The van der Waals surface area contributed by atoms with Crippen molar-refractivity contribution in [2.24, 2.45) is 0 Å². The van der Waals surface area contributed by atoms with Gasteiger partial charge in [-0.05, 0) is 54.8 Å². The van der Waals surface area contributed by atoms with Gasteiger partial charge in [-0.15, -0.1) is 5.10 Å². The van der Waals surface area contributed by atoms with E-state index in [0.29, 0.717) is 22.3 Å². The number of anilines is 1. The van der Waals surface area contributed by atoms with Gasteiger partial charge in [0, 0.05) is 17.8 Å². The Labute approximate surface area is 195 Å². The standard InChI is InChI=1S/C23H19N7O3S/c1-16-21(28-30(27-16)18-5-3-2-4-6-18)14-33-23-20-8-7-19(13-17(20)9-12-25-23)34(31,32)29-22-10-11-24-15-26-22/h2-13,15H,14H2,1H3,(H,24,26,29). The molecule has 11 heteroatoms. The van der Waals surface area contributed by atoms with Crippen molar-refractivity contribution in [2.75, 3.05) is 4.72 Å². The van der Waals surface area contributed by atoms with Gasteiger partial charge in [0.15, 0.2) is 0 Å². The zero-order chi connectivity index (χ0) is 23.5. The number of rotatable bonds is 7. The monoisotopic (exact) mass is 473 g/mol. The topological polar surface area (TPSA) is 125 Å². The molecule has 1 N–H and O–H groups in total. The molecule has 0 atom stereocenters. The minimum atomic E-state index is -3.82. The van der Waals surface area contributed by atoms with Gasteiger partial charge in [0.1, 0.15) is 24.4 Å². The largest absolute Gasteiger partial charge is 0.471 e. The summed E-state index contributed by atoms with van der Waals surface area (Å²) >= 11 is 0. The van der Waals surface area contributed by atoms with Crippen LogP contribution >= 0.6 is 0 Å². The van der Waals surface area contributed by atoms with Gasteiger partial charge in [-0.25, -0.2) is 23.4 Å². The molecule has 0 amide bonds. The predicted octanol–water partition coefficient (Wildman–Crippen LogP) is 3.29. The van der Waals surface area contributed by atoms with E-state index < -0.39 is 10.0 Å². The summed E-state index contributed by atoms with van der Waals surface area (Å²) in [5.74, 6) is 0.562. The second-order valence-corrected chi connectivity index (χ2v) is 9.03. The first-order valence-corrected chi connectivity index (χ1v) is 11.8. The molecule has 0 saturated carbocycles. The van der Waals surface area contributed by atoms with Gasteiger partial charge < -0.3 is 4.74 Å². The summed E-state index contributed by atoms with van der Waals surface area (Å²) in [5.41, 5.74) is 2.27. The lowest BCUT2D eigenvalue weighted by Gasteiger charge is -2.10. The number of sulfonamides is 1. The van der Waals surface area contributed by atoms with E-state index in [1.807, 2.05) is 37.3 Å². The van der Waals surface area contributed by atoms with Crippen molar-refractivity contribution < 1.29 is 13.2 Å². The maximum absolute atomic E-state index is 12.8. The fourth-order valence-corrected chi connectivity index (χ4v) is 4.36. The molecule has 0 fully saturated rings. The Hall–Kier alpha value is -4.38. The Bertz CT molecular complexity index is 1560. The summed E-state index contributed by atoms with van der Waals surface area (Å²) in [6.45, 7) is 2.03. The molecule has 170 valence electrons. The molecular formula is C23H19N7O3S. The molecule has 0 spiro atoms. The highest BCUT2D eigenvalue weighted by Crippen LogP contribution is 2.27. The quantitative estimate of drug-likeness (QED) is 0.382. The SMILES string of the molecule is Cc1nn(-c2ccccc2)nc1COc1nccc2cc(S(=O)(=O)Nc3ccncn3)ccc12. The summed E-state index contributed by atoms with van der Waals surface area (Å²) in [4.78, 5) is 13.7. The van der Waals surface area contributed by atoms with Crippen molar-refractivity contribution >= 4 is 26.6 Å². The van der Waals surface area contributed by atoms with Gasteiger partial charge in [0.05, 0.1) is 16.3 Å². The Kier molecular flexibility index (Phi) is 5.60. The van der Waals surface area contributed by atoms with Crippen molar-refractivity contribution in [3.8, 4) is 11.6 Å². The average Bonchev–Trinajstić information content (AvgIpc) is 3.23. The van der Waals surface area contributed by atoms with Crippen molar-refractivity contribution in [3.63, 3.8) is 0 Å². The predicted molar refractivity (Wildman–Crippen MR) is 125 cm³/mol. The molecule has 0 unspecified atom stereocenters. The molecule has 0 aliphatic rings. The average molecular weight is 474 g/mol. The van der Waals surface area contributed by atoms with Crippen LogP contribution < -0.4 is 9.46 Å². The number of hydrogen-bond acceptors (Lipinski definition) is 8. The van der Waals surface area contributed by atoms with E-state index in [0.717, 1.165) is 11.4 Å². The molecule has 0 bridgehead atoms. The Morgan fingerprint density at radius 1 is 0.971 bits per heavy atom. The highest BCUT2D eigenvalue weighted by molar-refractivity contribution is 7.92. The maximum atomic E-state index is 12.8. The van der Waals surface area contributed by atoms with E-state index in [2.05, 4.69) is 29.9 Å². The fourth-order valence-electron chi connectivity index (χ4n) is 3.31. The molecule has 3 aromatic heterocycles. The number of aryl methyl sites for hydroxylation is 1. The normalized spacial score (nSPS) is 11.4. The number of ether oxygens (including phenoxy) is 1. The first-order chi connectivity index (χ1) is 16.5. The highest BCUT2D eigenvalue weighted by atomic mass is 32.2. The number of para-hydroxylation sites is 1. The van der Waals surface area contributed by atoms with Gasteiger partial charge in [0.25, 0.3) is 10.0 Å². The van der Waals surface area contributed by atoms with Crippen LogP contribution in [0.5, 0.6) is 5.88 Å². The summed E-state index contributed by atoms with van der Waals surface area (Å²) in [5, 5.41) is 10.3. The van der Waals surface area contributed by atoms with Gasteiger partial charge in [-0.1, -0.05) is 18.2 Å². The van der Waals surface area contributed by atoms with E-state index in [4.69, 9.17) is 4.74 Å². The molecule has 0 saturated heterocycles. The smallest absolute Gasteiger partial charge is 0.263 e. The lowest BCUT2D eigenvalue weighted by atomic mass is 10.2. The van der Waals surface area contributed by atoms with Crippen LogP contribution in [0.15, 0.2) is 84.3 Å². The van der Waals surface area contributed by atoms with E-state index >= 15 is 0 Å². The molecular weight excluding hydrogens is 454 g/mol. The van der Waals surface area contributed by atoms with Crippen molar-refractivity contribution in [1.29, 1.82) is 0 Å². The van der Waals surface area contributed by atoms with Crippen LogP contribution in [0.2, 0.25) is 0 Å². The van der Waals surface area contributed by atoms with Crippen LogP contribution in [0.4, 0.5) is 5.82 Å². The fraction of sp³-hybridized carbons (Fsp3) is 0.0870. The van der Waals surface area contributed by atoms with Crippen LogP contribution in [-0.4, -0.2) is 38.4 Å². The van der Waals surface area contributed by atoms with E-state index in [1.165, 1.54) is 24.7 Å². The Morgan fingerprint density at radius 2 is 1.82 bits per heavy atom. The minimum absolute atomic E-state index is 0.0948. The molecule has 3 heterocycles. The minimum Gasteiger partial charge on any atom is -0.471 e. The van der Waals surface area contributed by atoms with Crippen LogP contribution in [0.3, 0.4) is 0 Å². The van der Waals surface area contributed by atoms with Gasteiger partial charge in [0.2, 0.25) is 5.88 Å². The first kappa shape index (κ1) is 21.5. The van der Waals surface area contributed by atoms with Crippen LogP contribution in [0.25, 0.3) is 16.5 Å². The third-order valence-corrected chi connectivity index (χ3v) is 6.39. The highest BCUT2D eigenvalue weighted by Gasteiger charge is 2.17. The summed E-state index contributed by atoms with van der Waals surface area (Å²) in [6.07, 6.45) is 4.30. The Morgan fingerprint density at radius 3 is 2.62 bits per heavy atom. The number of fused-ring (bicyclic) bond motifs is 1. The van der Waals surface area contributed by atoms with Gasteiger partial charge >= 0.3 is 0 Å². The molecule has 10 nitrogen and oxygen atoms in total. The van der Waals surface area contributed by atoms with E-state index in [1.54, 1.807) is 29.2 Å². The van der Waals surface area contributed by atoms with E-state index in [9.17, 15) is 8.42 Å². The molecule has 5 aromatic rings. The third kappa shape index (κ3) is 4.41. The van der Waals surface area contributed by atoms with Crippen LogP contribution in [-0.2, 0) is 16.6 Å². The molecule has 0 aliphatic heterocycles. The second-order valence-electron chi connectivity index (χ2n) is 7.34. The van der Waals surface area contributed by atoms with Crippen molar-refractivity contribution in [2.45, 2.75) is 18.4 Å². The number of pyridine rings is 1. The molecule has 2 aromatic carbocycles. The van der Waals surface area contributed by atoms with Crippen molar-refractivity contribution in [3.05, 3.63) is 90.8 Å². The zero-order valence-electron chi connectivity index (χ0n) is 18.0. The number of nitrogens with one attached hydrogen (secondary N) is 1. The lowest BCUT2D eigenvalue weighted by molar-refractivity contribution is 0.292. The lowest BCUT2D eigenvalue weighted by Crippen LogP contribution is -2.13. The molecule has 0 radical (unpaired) electrons. The second kappa shape index (κ2) is 8.87. The van der Waals surface area contributed by atoms with Crippen LogP contribution in [0.1, 0.15) is 11.4 Å². The molecule has 5 rings (SSSR count). The zero-order valence-corrected chi connectivity index (χ0v) is 18.8. The number of hydrogen-bond donors (Lipinski definition) is 1. The van der Waals surface area contributed by atoms with Gasteiger partial charge in [-0.3, -0.25) is 4.72 Å². The van der Waals surface area contributed by atoms with E-state index in [-0.39, 0.29) is 17.3 Å². The van der Waals surface area contributed by atoms with Gasteiger partial charge in [-0.2, -0.15) is 9.90 Å². The third-order valence-electron chi connectivity index (χ3n) is 5.04.